The molecule has 0 amide bonds. The Balaban J connectivity index is 1.44. The minimum Gasteiger partial charge on any atom is -0.347 e. The maximum Gasteiger partial charge on any atom is 0.168 e. The first-order valence-corrected chi connectivity index (χ1v) is 8.08. The number of nitrogens with one attached hydrogen (secondary N) is 1. The van der Waals surface area contributed by atoms with Gasteiger partial charge in [-0.15, -0.1) is 0 Å². The van der Waals surface area contributed by atoms with E-state index >= 15 is 0 Å². The summed E-state index contributed by atoms with van der Waals surface area (Å²) < 4.78 is 14.1. The van der Waals surface area contributed by atoms with E-state index in [1.165, 1.54) is 24.1 Å². The van der Waals surface area contributed by atoms with Crippen molar-refractivity contribution >= 4 is 0 Å². The molecule has 1 aliphatic heterocycles. The summed E-state index contributed by atoms with van der Waals surface area (Å²) in [6, 6.07) is 0. The van der Waals surface area contributed by atoms with Crippen LogP contribution < -0.4 is 5.32 Å². The quantitative estimate of drug-likeness (QED) is 0.924. The molecule has 5 nitrogen and oxygen atoms in total. The molecule has 1 saturated carbocycles. The van der Waals surface area contributed by atoms with E-state index in [1.807, 2.05) is 17.9 Å². The molecule has 0 radical (unpaired) electrons. The lowest BCUT2D eigenvalue weighted by atomic mass is 9.86. The first-order valence-electron chi connectivity index (χ1n) is 8.08. The van der Waals surface area contributed by atoms with Gasteiger partial charge in [0.15, 0.2) is 5.79 Å². The number of nitrogens with zero attached hydrogens (tertiary/aromatic N) is 2. The van der Waals surface area contributed by atoms with E-state index in [2.05, 4.69) is 24.3 Å². The largest absolute Gasteiger partial charge is 0.347 e. The average Bonchev–Trinajstić information content (AvgIpc) is 3.01. The molecule has 5 heteroatoms. The number of aryl methyl sites for hydroxylation is 1. The molecule has 1 aromatic rings. The monoisotopic (exact) mass is 293 g/mol. The average molecular weight is 293 g/mol. The number of hydrogen-bond donors (Lipinski definition) is 1. The summed E-state index contributed by atoms with van der Waals surface area (Å²) in [6.07, 6.45) is 6.64. The van der Waals surface area contributed by atoms with Gasteiger partial charge in [-0.2, -0.15) is 5.10 Å². The topological polar surface area (TPSA) is 48.3 Å². The zero-order valence-electron chi connectivity index (χ0n) is 13.4. The van der Waals surface area contributed by atoms with E-state index < -0.39 is 0 Å². The summed E-state index contributed by atoms with van der Waals surface area (Å²) >= 11 is 0. The normalized spacial score (nSPS) is 32.9. The van der Waals surface area contributed by atoms with Gasteiger partial charge in [-0.25, -0.2) is 0 Å². The molecule has 1 aliphatic carbocycles. The van der Waals surface area contributed by atoms with Crippen LogP contribution in [0, 0.1) is 12.8 Å². The Morgan fingerprint density at radius 3 is 2.86 bits per heavy atom. The van der Waals surface area contributed by atoms with E-state index in [0.29, 0.717) is 6.61 Å². The minimum atomic E-state index is -0.275. The van der Waals surface area contributed by atoms with Crippen LogP contribution in [0.15, 0.2) is 6.20 Å². The summed E-state index contributed by atoms with van der Waals surface area (Å²) in [5, 5.41) is 7.73. The highest BCUT2D eigenvalue weighted by atomic mass is 16.7. The van der Waals surface area contributed by atoms with Crippen molar-refractivity contribution in [2.75, 3.05) is 13.2 Å². The summed E-state index contributed by atoms with van der Waals surface area (Å²) in [4.78, 5) is 0. The van der Waals surface area contributed by atoms with Crippen molar-refractivity contribution in [1.29, 1.82) is 0 Å². The first kappa shape index (κ1) is 15.0. The Morgan fingerprint density at radius 2 is 2.19 bits per heavy atom. The van der Waals surface area contributed by atoms with Crippen molar-refractivity contribution in [2.45, 2.75) is 58.0 Å². The van der Waals surface area contributed by atoms with Crippen molar-refractivity contribution in [3.8, 4) is 0 Å². The van der Waals surface area contributed by atoms with Gasteiger partial charge in [0.25, 0.3) is 0 Å². The van der Waals surface area contributed by atoms with Crippen LogP contribution in [-0.4, -0.2) is 34.8 Å². The number of ether oxygens (including phenoxy) is 2. The maximum atomic E-state index is 6.21. The Morgan fingerprint density at radius 1 is 1.43 bits per heavy atom. The van der Waals surface area contributed by atoms with Crippen LogP contribution in [0.4, 0.5) is 0 Å². The third kappa shape index (κ3) is 3.30. The Bertz CT molecular complexity index is 478. The molecule has 2 fully saturated rings. The Kier molecular flexibility index (Phi) is 4.33. The highest BCUT2D eigenvalue weighted by molar-refractivity contribution is 5.15. The SMILES string of the molecule is Cc1c(CNC[C@@H]2COC3(CCC(C)CC3)O2)cnn1C. The van der Waals surface area contributed by atoms with Gasteiger partial charge in [0, 0.05) is 44.2 Å². The third-order valence-corrected chi connectivity index (χ3v) is 4.97. The second-order valence-corrected chi connectivity index (χ2v) is 6.65. The summed E-state index contributed by atoms with van der Waals surface area (Å²) in [7, 11) is 1.97. The van der Waals surface area contributed by atoms with E-state index in [9.17, 15) is 0 Å². The lowest BCUT2D eigenvalue weighted by molar-refractivity contribution is -0.191. The zero-order chi connectivity index (χ0) is 14.9. The Hall–Kier alpha value is -0.910. The van der Waals surface area contributed by atoms with Crippen LogP contribution in [0.5, 0.6) is 0 Å². The van der Waals surface area contributed by atoms with Crippen molar-refractivity contribution in [1.82, 2.24) is 15.1 Å². The third-order valence-electron chi connectivity index (χ3n) is 4.97. The standard InChI is InChI=1S/C16H27N3O2/c1-12-4-6-16(7-5-12)20-11-15(21-16)10-17-8-14-9-18-19(3)13(14)2/h9,12,15,17H,4-8,10-11H2,1-3H3/t12?,15-,16?/m1/s1. The van der Waals surface area contributed by atoms with Gasteiger partial charge in [0.2, 0.25) is 0 Å². The molecule has 1 saturated heterocycles. The van der Waals surface area contributed by atoms with Crippen LogP contribution in [0.25, 0.3) is 0 Å². The molecule has 1 atom stereocenters. The number of rotatable bonds is 4. The molecule has 2 aliphatic rings. The summed E-state index contributed by atoms with van der Waals surface area (Å²) in [5.74, 6) is 0.539. The van der Waals surface area contributed by atoms with Gasteiger partial charge in [-0.3, -0.25) is 4.68 Å². The molecule has 21 heavy (non-hydrogen) atoms. The molecule has 3 rings (SSSR count). The predicted octanol–water partition coefficient (Wildman–Crippen LogP) is 2.14. The zero-order valence-corrected chi connectivity index (χ0v) is 13.4. The molecule has 118 valence electrons. The van der Waals surface area contributed by atoms with E-state index in [4.69, 9.17) is 9.47 Å². The molecule has 2 heterocycles. The fraction of sp³-hybridized carbons (Fsp3) is 0.812. The first-order chi connectivity index (χ1) is 10.1. The lowest BCUT2D eigenvalue weighted by Gasteiger charge is -2.34. The Labute approximate surface area is 127 Å². The van der Waals surface area contributed by atoms with Crippen LogP contribution in [0.1, 0.15) is 43.9 Å². The highest BCUT2D eigenvalue weighted by Crippen LogP contribution is 2.39. The molecular formula is C16H27N3O2. The number of aromatic nitrogens is 2. The summed E-state index contributed by atoms with van der Waals surface area (Å²) in [5.41, 5.74) is 2.46. The predicted molar refractivity (Wildman–Crippen MR) is 80.8 cm³/mol. The van der Waals surface area contributed by atoms with Gasteiger partial charge in [-0.1, -0.05) is 6.92 Å². The van der Waals surface area contributed by atoms with Gasteiger partial charge in [-0.05, 0) is 25.7 Å². The molecular weight excluding hydrogens is 266 g/mol. The van der Waals surface area contributed by atoms with Crippen LogP contribution in [0.2, 0.25) is 0 Å². The van der Waals surface area contributed by atoms with Crippen LogP contribution >= 0.6 is 0 Å². The van der Waals surface area contributed by atoms with Crippen molar-refractivity contribution in [3.05, 3.63) is 17.5 Å². The minimum absolute atomic E-state index is 0.176. The second-order valence-electron chi connectivity index (χ2n) is 6.65. The van der Waals surface area contributed by atoms with Crippen molar-refractivity contribution in [3.63, 3.8) is 0 Å². The highest BCUT2D eigenvalue weighted by Gasteiger charge is 2.43. The molecule has 1 spiro atoms. The van der Waals surface area contributed by atoms with Crippen molar-refractivity contribution < 1.29 is 9.47 Å². The van der Waals surface area contributed by atoms with E-state index in [1.54, 1.807) is 0 Å². The van der Waals surface area contributed by atoms with E-state index in [-0.39, 0.29) is 11.9 Å². The fourth-order valence-electron chi connectivity index (χ4n) is 3.27. The molecule has 0 bridgehead atoms. The van der Waals surface area contributed by atoms with Crippen LogP contribution in [0.3, 0.4) is 0 Å². The van der Waals surface area contributed by atoms with Gasteiger partial charge in [0.1, 0.15) is 0 Å². The second kappa shape index (κ2) is 6.07. The van der Waals surface area contributed by atoms with Crippen LogP contribution in [-0.2, 0) is 23.1 Å². The molecule has 0 aromatic carbocycles. The summed E-state index contributed by atoms with van der Waals surface area (Å²) in [6.45, 7) is 6.80. The smallest absolute Gasteiger partial charge is 0.168 e. The van der Waals surface area contributed by atoms with Gasteiger partial charge < -0.3 is 14.8 Å². The van der Waals surface area contributed by atoms with Crippen molar-refractivity contribution in [2.24, 2.45) is 13.0 Å². The molecule has 1 aromatic heterocycles. The maximum absolute atomic E-state index is 6.21. The fourth-order valence-corrected chi connectivity index (χ4v) is 3.27. The lowest BCUT2D eigenvalue weighted by Crippen LogP contribution is -2.37. The van der Waals surface area contributed by atoms with Gasteiger partial charge >= 0.3 is 0 Å². The van der Waals surface area contributed by atoms with Gasteiger partial charge in [0.05, 0.1) is 18.9 Å². The van der Waals surface area contributed by atoms with E-state index in [0.717, 1.165) is 31.8 Å². The molecule has 1 N–H and O–H groups in total. The number of hydrogen-bond acceptors (Lipinski definition) is 4. The molecule has 0 unspecified atom stereocenters.